The minimum Gasteiger partial charge on any atom is -0.337 e. The Kier molecular flexibility index (Phi) is 4.28. The molecule has 1 aliphatic rings. The average Bonchev–Trinajstić information content (AvgIpc) is 3.04. The number of aromatic nitrogens is 2. The molecule has 2 heterocycles. The summed E-state index contributed by atoms with van der Waals surface area (Å²) >= 11 is 0. The molecule has 0 saturated carbocycles. The lowest BCUT2D eigenvalue weighted by molar-refractivity contribution is 0.0787. The fraction of sp³-hybridized carbons (Fsp3) is 0.389. The summed E-state index contributed by atoms with van der Waals surface area (Å²) in [6, 6.07) is 7.95. The Morgan fingerprint density at radius 1 is 1.09 bits per heavy atom. The summed E-state index contributed by atoms with van der Waals surface area (Å²) in [7, 11) is 0. The topological polar surface area (TPSA) is 58.1 Å². The number of benzene rings is 1. The highest BCUT2D eigenvalue weighted by Crippen LogP contribution is 2.21. The van der Waals surface area contributed by atoms with Crippen LogP contribution in [0.4, 0.5) is 11.6 Å². The number of hydrogen-bond donors (Lipinski definition) is 1. The van der Waals surface area contributed by atoms with E-state index in [0.29, 0.717) is 11.6 Å². The molecule has 2 aromatic rings. The van der Waals surface area contributed by atoms with Crippen LogP contribution in [0.25, 0.3) is 0 Å². The third-order valence-electron chi connectivity index (χ3n) is 4.11. The van der Waals surface area contributed by atoms with Gasteiger partial charge in [-0.15, -0.1) is 0 Å². The van der Waals surface area contributed by atoms with Crippen molar-refractivity contribution in [1.29, 1.82) is 0 Å². The molecule has 1 aromatic heterocycles. The molecule has 0 aliphatic carbocycles. The maximum Gasteiger partial charge on any atom is 0.272 e. The molecule has 23 heavy (non-hydrogen) atoms. The maximum absolute atomic E-state index is 12.5. The molecule has 5 heteroatoms. The second-order valence-electron chi connectivity index (χ2n) is 6.16. The summed E-state index contributed by atoms with van der Waals surface area (Å²) in [5, 5.41) is 3.25. The number of aryl methyl sites for hydroxylation is 3. The van der Waals surface area contributed by atoms with Gasteiger partial charge in [0.2, 0.25) is 5.95 Å². The molecule has 3 rings (SSSR count). The summed E-state index contributed by atoms with van der Waals surface area (Å²) in [5.41, 5.74) is 4.50. The smallest absolute Gasteiger partial charge is 0.272 e. The van der Waals surface area contributed by atoms with Gasteiger partial charge in [-0.05, 0) is 56.9 Å². The maximum atomic E-state index is 12.5. The zero-order valence-corrected chi connectivity index (χ0v) is 13.9. The third kappa shape index (κ3) is 3.50. The number of nitrogens with one attached hydrogen (secondary N) is 1. The highest BCUT2D eigenvalue weighted by molar-refractivity contribution is 5.93. The van der Waals surface area contributed by atoms with Crippen LogP contribution in [0.15, 0.2) is 24.3 Å². The van der Waals surface area contributed by atoms with Crippen molar-refractivity contribution < 1.29 is 4.79 Å². The van der Waals surface area contributed by atoms with Gasteiger partial charge in [0.15, 0.2) is 0 Å². The van der Waals surface area contributed by atoms with Crippen molar-refractivity contribution in [2.24, 2.45) is 0 Å². The second-order valence-corrected chi connectivity index (χ2v) is 6.16. The van der Waals surface area contributed by atoms with E-state index in [-0.39, 0.29) is 5.91 Å². The van der Waals surface area contributed by atoms with E-state index in [2.05, 4.69) is 33.5 Å². The first kappa shape index (κ1) is 15.5. The Bertz CT molecular complexity index is 736. The van der Waals surface area contributed by atoms with E-state index >= 15 is 0 Å². The molecule has 0 spiro atoms. The first-order valence-electron chi connectivity index (χ1n) is 8.02. The zero-order chi connectivity index (χ0) is 16.4. The summed E-state index contributed by atoms with van der Waals surface area (Å²) in [6.45, 7) is 7.61. The van der Waals surface area contributed by atoms with Crippen LogP contribution in [0.3, 0.4) is 0 Å². The van der Waals surface area contributed by atoms with E-state index in [1.54, 1.807) is 6.07 Å². The highest BCUT2D eigenvalue weighted by atomic mass is 16.2. The molecule has 1 amide bonds. The number of carbonyl (C=O) groups is 1. The molecule has 1 N–H and O–H groups in total. The molecule has 0 radical (unpaired) electrons. The molecule has 1 fully saturated rings. The van der Waals surface area contributed by atoms with Gasteiger partial charge in [-0.3, -0.25) is 4.79 Å². The summed E-state index contributed by atoms with van der Waals surface area (Å²) in [4.78, 5) is 23.2. The Labute approximate surface area is 136 Å². The molecule has 0 unspecified atom stereocenters. The van der Waals surface area contributed by atoms with Gasteiger partial charge in [-0.25, -0.2) is 9.97 Å². The lowest BCUT2D eigenvalue weighted by atomic mass is 10.1. The Balaban J connectivity index is 1.88. The molecule has 1 aliphatic heterocycles. The van der Waals surface area contributed by atoms with Gasteiger partial charge in [0.1, 0.15) is 5.69 Å². The van der Waals surface area contributed by atoms with Gasteiger partial charge in [0.05, 0.1) is 0 Å². The molecule has 120 valence electrons. The van der Waals surface area contributed by atoms with Crippen molar-refractivity contribution in [1.82, 2.24) is 14.9 Å². The predicted molar refractivity (Wildman–Crippen MR) is 91.1 cm³/mol. The monoisotopic (exact) mass is 310 g/mol. The van der Waals surface area contributed by atoms with Crippen LogP contribution in [-0.4, -0.2) is 33.9 Å². The van der Waals surface area contributed by atoms with Crippen molar-refractivity contribution in [2.75, 3.05) is 18.4 Å². The molecule has 1 aromatic carbocycles. The fourth-order valence-electron chi connectivity index (χ4n) is 2.81. The van der Waals surface area contributed by atoms with E-state index in [4.69, 9.17) is 0 Å². The lowest BCUT2D eigenvalue weighted by Gasteiger charge is -2.16. The van der Waals surface area contributed by atoms with E-state index in [1.165, 1.54) is 5.56 Å². The number of anilines is 2. The van der Waals surface area contributed by atoms with Crippen LogP contribution in [0, 0.1) is 20.8 Å². The SMILES string of the molecule is Cc1ccc(C)c(Nc2nc(C)cc(C(=O)N3CCCC3)n2)c1. The first-order chi connectivity index (χ1) is 11.0. The minimum absolute atomic E-state index is 0.00276. The lowest BCUT2D eigenvalue weighted by Crippen LogP contribution is -2.28. The Hall–Kier alpha value is -2.43. The van der Waals surface area contributed by atoms with Crippen LogP contribution < -0.4 is 5.32 Å². The number of hydrogen-bond acceptors (Lipinski definition) is 4. The van der Waals surface area contributed by atoms with Crippen LogP contribution >= 0.6 is 0 Å². The quantitative estimate of drug-likeness (QED) is 0.944. The fourth-order valence-corrected chi connectivity index (χ4v) is 2.81. The summed E-state index contributed by atoms with van der Waals surface area (Å²) < 4.78 is 0. The molecular weight excluding hydrogens is 288 g/mol. The van der Waals surface area contributed by atoms with Crippen molar-refractivity contribution in [3.05, 3.63) is 46.8 Å². The highest BCUT2D eigenvalue weighted by Gasteiger charge is 2.21. The van der Waals surface area contributed by atoms with E-state index in [1.807, 2.05) is 25.7 Å². The van der Waals surface area contributed by atoms with Crippen LogP contribution in [0.1, 0.15) is 40.2 Å². The van der Waals surface area contributed by atoms with E-state index in [0.717, 1.165) is 42.9 Å². The number of rotatable bonds is 3. The van der Waals surface area contributed by atoms with E-state index < -0.39 is 0 Å². The van der Waals surface area contributed by atoms with Gasteiger partial charge in [-0.2, -0.15) is 0 Å². The molecule has 0 atom stereocenters. The molecule has 0 bridgehead atoms. The van der Waals surface area contributed by atoms with Gasteiger partial charge < -0.3 is 10.2 Å². The number of amides is 1. The van der Waals surface area contributed by atoms with Crippen molar-refractivity contribution in [3.63, 3.8) is 0 Å². The summed E-state index contributed by atoms with van der Waals surface area (Å²) in [5.74, 6) is 0.471. The Morgan fingerprint density at radius 3 is 2.57 bits per heavy atom. The molecule has 1 saturated heterocycles. The first-order valence-corrected chi connectivity index (χ1v) is 8.02. The number of likely N-dealkylation sites (tertiary alicyclic amines) is 1. The predicted octanol–water partition coefficient (Wildman–Crippen LogP) is 3.38. The third-order valence-corrected chi connectivity index (χ3v) is 4.11. The average molecular weight is 310 g/mol. The van der Waals surface area contributed by atoms with Crippen molar-refractivity contribution in [2.45, 2.75) is 33.6 Å². The Morgan fingerprint density at radius 2 is 1.83 bits per heavy atom. The van der Waals surface area contributed by atoms with Gasteiger partial charge in [-0.1, -0.05) is 12.1 Å². The molecule has 5 nitrogen and oxygen atoms in total. The van der Waals surface area contributed by atoms with Crippen LogP contribution in [0.2, 0.25) is 0 Å². The summed E-state index contributed by atoms with van der Waals surface area (Å²) in [6.07, 6.45) is 2.15. The molecular formula is C18H22N4O. The zero-order valence-electron chi connectivity index (χ0n) is 13.9. The number of carbonyl (C=O) groups excluding carboxylic acids is 1. The largest absolute Gasteiger partial charge is 0.337 e. The second kappa shape index (κ2) is 6.36. The van der Waals surface area contributed by atoms with Crippen molar-refractivity contribution >= 4 is 17.5 Å². The minimum atomic E-state index is -0.00276. The van der Waals surface area contributed by atoms with E-state index in [9.17, 15) is 4.79 Å². The van der Waals surface area contributed by atoms with Gasteiger partial charge in [0, 0.05) is 24.5 Å². The van der Waals surface area contributed by atoms with Crippen molar-refractivity contribution in [3.8, 4) is 0 Å². The van der Waals surface area contributed by atoms with Crippen LogP contribution in [0.5, 0.6) is 0 Å². The van der Waals surface area contributed by atoms with Gasteiger partial charge in [0.25, 0.3) is 5.91 Å². The number of nitrogens with zero attached hydrogens (tertiary/aromatic N) is 3. The normalized spacial score (nSPS) is 14.1. The van der Waals surface area contributed by atoms with Crippen LogP contribution in [-0.2, 0) is 0 Å². The van der Waals surface area contributed by atoms with Gasteiger partial charge >= 0.3 is 0 Å². The standard InChI is InChI=1S/C18H22N4O/c1-12-6-7-13(2)15(10-12)20-18-19-14(3)11-16(21-18)17(23)22-8-4-5-9-22/h6-7,10-11H,4-5,8-9H2,1-3H3,(H,19,20,21).